The highest BCUT2D eigenvalue weighted by Gasteiger charge is 2.48. The van der Waals surface area contributed by atoms with Crippen molar-refractivity contribution in [3.63, 3.8) is 0 Å². The maximum absolute atomic E-state index is 14.4. The Hall–Kier alpha value is -4.31. The van der Waals surface area contributed by atoms with E-state index in [0.717, 1.165) is 23.0 Å². The SMILES string of the molecule is CNc1nsnc1C(=O)N1CC2(CCN(C(=O)c3ccc(Oc4ccccc4)cc3)CC2)c2cc(F)ccc21. The fraction of sp³-hybridized carbons (Fsp3) is 0.241. The average molecular weight is 544 g/mol. The minimum absolute atomic E-state index is 0.0614. The van der Waals surface area contributed by atoms with Crippen molar-refractivity contribution in [2.45, 2.75) is 18.3 Å². The summed E-state index contributed by atoms with van der Waals surface area (Å²) >= 11 is 0.969. The summed E-state index contributed by atoms with van der Waals surface area (Å²) in [6.07, 6.45) is 1.23. The normalized spacial score (nSPS) is 15.7. The van der Waals surface area contributed by atoms with Crippen molar-refractivity contribution >= 4 is 35.0 Å². The van der Waals surface area contributed by atoms with Gasteiger partial charge in [-0.3, -0.25) is 9.59 Å². The molecule has 0 saturated carbocycles. The van der Waals surface area contributed by atoms with E-state index >= 15 is 0 Å². The number of fused-ring (bicyclic) bond motifs is 2. The molecule has 1 N–H and O–H groups in total. The van der Waals surface area contributed by atoms with Crippen LogP contribution >= 0.6 is 11.7 Å². The second kappa shape index (κ2) is 10.1. The maximum Gasteiger partial charge on any atom is 0.281 e. The Kier molecular flexibility index (Phi) is 6.48. The molecule has 0 bridgehead atoms. The maximum atomic E-state index is 14.4. The molecule has 0 aliphatic carbocycles. The first-order valence-electron chi connectivity index (χ1n) is 12.7. The number of piperidine rings is 1. The topological polar surface area (TPSA) is 87.7 Å². The smallest absolute Gasteiger partial charge is 0.281 e. The molecule has 1 aromatic heterocycles. The van der Waals surface area contributed by atoms with Gasteiger partial charge in [-0.1, -0.05) is 18.2 Å². The molecular weight excluding hydrogens is 517 g/mol. The lowest BCUT2D eigenvalue weighted by Gasteiger charge is -2.40. The Balaban J connectivity index is 1.18. The number of halogens is 1. The van der Waals surface area contributed by atoms with E-state index in [9.17, 15) is 14.0 Å². The van der Waals surface area contributed by atoms with E-state index in [4.69, 9.17) is 4.74 Å². The molecule has 6 rings (SSSR count). The lowest BCUT2D eigenvalue weighted by molar-refractivity contribution is 0.0670. The van der Waals surface area contributed by atoms with Crippen molar-refractivity contribution in [2.24, 2.45) is 0 Å². The van der Waals surface area contributed by atoms with Gasteiger partial charge in [0.1, 0.15) is 17.3 Å². The number of nitrogens with zero attached hydrogens (tertiary/aromatic N) is 4. The van der Waals surface area contributed by atoms with Crippen molar-refractivity contribution < 1.29 is 18.7 Å². The zero-order valence-electron chi connectivity index (χ0n) is 21.3. The number of hydrogen-bond acceptors (Lipinski definition) is 7. The van der Waals surface area contributed by atoms with E-state index in [1.165, 1.54) is 12.1 Å². The van der Waals surface area contributed by atoms with Gasteiger partial charge in [0, 0.05) is 43.3 Å². The zero-order valence-corrected chi connectivity index (χ0v) is 22.1. The molecule has 0 unspecified atom stereocenters. The summed E-state index contributed by atoms with van der Waals surface area (Å²) in [5.74, 6) is 1.14. The van der Waals surface area contributed by atoms with E-state index in [2.05, 4.69) is 14.1 Å². The number of benzene rings is 3. The third kappa shape index (κ3) is 4.61. The summed E-state index contributed by atoms with van der Waals surface area (Å²) in [7, 11) is 1.69. The Morgan fingerprint density at radius 2 is 1.67 bits per heavy atom. The molecule has 0 radical (unpaired) electrons. The molecule has 3 heterocycles. The number of para-hydroxylation sites is 1. The van der Waals surface area contributed by atoms with Crippen LogP contribution in [-0.4, -0.2) is 52.1 Å². The summed E-state index contributed by atoms with van der Waals surface area (Å²) < 4.78 is 28.6. The standard InChI is InChI=1S/C29H26FN5O3S/c1-31-26-25(32-39-33-26)28(37)35-18-29(23-17-20(30)9-12-24(23)35)13-15-34(16-14-29)27(36)19-7-10-22(11-8-19)38-21-5-3-2-4-6-21/h2-12,17H,13-16,18H2,1H3,(H,31,33). The Labute approximate surface area is 229 Å². The van der Waals surface area contributed by atoms with Crippen molar-refractivity contribution in [3.8, 4) is 11.5 Å². The number of anilines is 2. The molecule has 3 aromatic carbocycles. The van der Waals surface area contributed by atoms with Gasteiger partial charge in [0.05, 0.1) is 11.7 Å². The molecular formula is C29H26FN5O3S. The number of aromatic nitrogens is 2. The van der Waals surface area contributed by atoms with Crippen LogP contribution in [-0.2, 0) is 5.41 Å². The average Bonchev–Trinajstić information content (AvgIpc) is 3.57. The quantitative estimate of drug-likeness (QED) is 0.365. The molecule has 198 valence electrons. The third-order valence-corrected chi connectivity index (χ3v) is 8.07. The second-order valence-corrected chi connectivity index (χ2v) is 10.3. The number of carbonyl (C=O) groups excluding carboxylic acids is 2. The molecule has 2 amide bonds. The molecule has 1 spiro atoms. The van der Waals surface area contributed by atoms with Crippen LogP contribution in [0.3, 0.4) is 0 Å². The molecule has 10 heteroatoms. The van der Waals surface area contributed by atoms with Crippen molar-refractivity contribution in [1.82, 2.24) is 13.6 Å². The zero-order chi connectivity index (χ0) is 27.0. The first kappa shape index (κ1) is 25.0. The van der Waals surface area contributed by atoms with Crippen LogP contribution in [0.15, 0.2) is 72.8 Å². The summed E-state index contributed by atoms with van der Waals surface area (Å²) in [4.78, 5) is 30.3. The van der Waals surface area contributed by atoms with E-state index in [-0.39, 0.29) is 23.3 Å². The second-order valence-electron chi connectivity index (χ2n) is 9.78. The molecule has 2 aliphatic rings. The van der Waals surface area contributed by atoms with Gasteiger partial charge in [-0.05, 0) is 73.0 Å². The van der Waals surface area contributed by atoms with Crippen LogP contribution in [0.1, 0.15) is 39.3 Å². The van der Waals surface area contributed by atoms with Crippen LogP contribution in [0.5, 0.6) is 11.5 Å². The molecule has 39 heavy (non-hydrogen) atoms. The Morgan fingerprint density at radius 1 is 0.949 bits per heavy atom. The molecule has 8 nitrogen and oxygen atoms in total. The number of rotatable bonds is 5. The Bertz CT molecular complexity index is 1520. The van der Waals surface area contributed by atoms with Crippen LogP contribution in [0, 0.1) is 5.82 Å². The molecule has 0 atom stereocenters. The predicted molar refractivity (Wildman–Crippen MR) is 147 cm³/mol. The van der Waals surface area contributed by atoms with Gasteiger partial charge < -0.3 is 19.9 Å². The van der Waals surface area contributed by atoms with Crippen LogP contribution in [0.2, 0.25) is 0 Å². The Morgan fingerprint density at radius 3 is 2.38 bits per heavy atom. The highest BCUT2D eigenvalue weighted by Crippen LogP contribution is 2.48. The fourth-order valence-corrected chi connectivity index (χ4v) is 6.03. The van der Waals surface area contributed by atoms with E-state index in [0.29, 0.717) is 55.3 Å². The highest BCUT2D eigenvalue weighted by atomic mass is 32.1. The van der Waals surface area contributed by atoms with Gasteiger partial charge in [0.15, 0.2) is 11.5 Å². The first-order valence-corrected chi connectivity index (χ1v) is 13.4. The van der Waals surface area contributed by atoms with Gasteiger partial charge >= 0.3 is 0 Å². The number of likely N-dealkylation sites (tertiary alicyclic amines) is 1. The minimum Gasteiger partial charge on any atom is -0.457 e. The number of carbonyl (C=O) groups is 2. The van der Waals surface area contributed by atoms with Crippen molar-refractivity contribution in [3.05, 3.63) is 95.4 Å². The van der Waals surface area contributed by atoms with Crippen molar-refractivity contribution in [1.29, 1.82) is 0 Å². The van der Waals surface area contributed by atoms with Crippen LogP contribution in [0.4, 0.5) is 15.9 Å². The van der Waals surface area contributed by atoms with Gasteiger partial charge in [-0.25, -0.2) is 4.39 Å². The number of amides is 2. The lowest BCUT2D eigenvalue weighted by Crippen LogP contribution is -2.48. The summed E-state index contributed by atoms with van der Waals surface area (Å²) in [6, 6.07) is 21.2. The van der Waals surface area contributed by atoms with Gasteiger partial charge in [-0.15, -0.1) is 0 Å². The molecule has 2 aliphatic heterocycles. The molecule has 1 saturated heterocycles. The van der Waals surface area contributed by atoms with E-state index < -0.39 is 5.41 Å². The molecule has 1 fully saturated rings. The minimum atomic E-state index is -0.444. The summed E-state index contributed by atoms with van der Waals surface area (Å²) in [5.41, 5.74) is 1.88. The van der Waals surface area contributed by atoms with Crippen molar-refractivity contribution in [2.75, 3.05) is 36.9 Å². The third-order valence-electron chi connectivity index (χ3n) is 7.54. The van der Waals surface area contributed by atoms with Crippen LogP contribution < -0.4 is 15.0 Å². The first-order chi connectivity index (χ1) is 19.0. The van der Waals surface area contributed by atoms with Gasteiger partial charge in [0.2, 0.25) is 0 Å². The largest absolute Gasteiger partial charge is 0.457 e. The highest BCUT2D eigenvalue weighted by molar-refractivity contribution is 6.99. The van der Waals surface area contributed by atoms with E-state index in [1.807, 2.05) is 35.2 Å². The summed E-state index contributed by atoms with van der Waals surface area (Å²) in [6.45, 7) is 1.40. The number of hydrogen-bond donors (Lipinski definition) is 1. The predicted octanol–water partition coefficient (Wildman–Crippen LogP) is 5.35. The summed E-state index contributed by atoms with van der Waals surface area (Å²) in [5, 5.41) is 2.91. The van der Waals surface area contributed by atoms with E-state index in [1.54, 1.807) is 42.3 Å². The fourth-order valence-electron chi connectivity index (χ4n) is 5.48. The monoisotopic (exact) mass is 543 g/mol. The van der Waals surface area contributed by atoms with Gasteiger partial charge in [0.25, 0.3) is 11.8 Å². The lowest BCUT2D eigenvalue weighted by atomic mass is 9.74. The van der Waals surface area contributed by atoms with Crippen LogP contribution in [0.25, 0.3) is 0 Å². The molecule has 4 aromatic rings. The number of ether oxygens (including phenoxy) is 1. The van der Waals surface area contributed by atoms with Gasteiger partial charge in [-0.2, -0.15) is 8.75 Å². The number of nitrogens with one attached hydrogen (secondary N) is 1.